The van der Waals surface area contributed by atoms with Crippen LogP contribution in [0.3, 0.4) is 0 Å². The van der Waals surface area contributed by atoms with Crippen molar-refractivity contribution >= 4 is 28.2 Å². The molecular weight excluding hydrogens is 262 g/mol. The minimum atomic E-state index is -0.758. The highest BCUT2D eigenvalue weighted by atomic mass is 32.1. The number of hydrogen-bond acceptors (Lipinski definition) is 5. The van der Waals surface area contributed by atoms with E-state index >= 15 is 0 Å². The zero-order valence-corrected chi connectivity index (χ0v) is 11.1. The number of amides is 1. The first kappa shape index (κ1) is 13.4. The molecule has 0 saturated heterocycles. The van der Waals surface area contributed by atoms with Gasteiger partial charge in [-0.25, -0.2) is 4.98 Å². The number of carbonyl (C=O) groups excluding carboxylic acids is 2. The van der Waals surface area contributed by atoms with Gasteiger partial charge in [-0.3, -0.25) is 9.59 Å². The van der Waals surface area contributed by atoms with E-state index in [-0.39, 0.29) is 11.7 Å². The highest BCUT2D eigenvalue weighted by Crippen LogP contribution is 2.18. The lowest BCUT2D eigenvalue weighted by Gasteiger charge is -2.10. The molecule has 19 heavy (non-hydrogen) atoms. The van der Waals surface area contributed by atoms with E-state index in [9.17, 15) is 9.59 Å². The Kier molecular flexibility index (Phi) is 4.03. The van der Waals surface area contributed by atoms with Gasteiger partial charge in [-0.15, -0.1) is 11.3 Å². The van der Waals surface area contributed by atoms with Crippen molar-refractivity contribution in [2.45, 2.75) is 13.0 Å². The molecular formula is C13H13N3O2S. The lowest BCUT2D eigenvalue weighted by Crippen LogP contribution is -2.27. The normalized spacial score (nSPS) is 11.9. The Morgan fingerprint density at radius 2 is 2.00 bits per heavy atom. The smallest absolute Gasteiger partial charge is 0.247 e. The number of nitrogens with zero attached hydrogens (tertiary/aromatic N) is 1. The quantitative estimate of drug-likeness (QED) is 0.835. The molecule has 1 aromatic heterocycles. The Morgan fingerprint density at radius 3 is 2.58 bits per heavy atom. The number of thiazole rings is 1. The Bertz CT molecular complexity index is 595. The third kappa shape index (κ3) is 3.24. The molecule has 1 atom stereocenters. The maximum atomic E-state index is 11.9. The van der Waals surface area contributed by atoms with E-state index in [4.69, 9.17) is 5.73 Å². The first-order valence-corrected chi connectivity index (χ1v) is 6.53. The van der Waals surface area contributed by atoms with Gasteiger partial charge in [0.1, 0.15) is 11.7 Å². The molecule has 0 bridgehead atoms. The van der Waals surface area contributed by atoms with Crippen molar-refractivity contribution in [3.63, 3.8) is 0 Å². The van der Waals surface area contributed by atoms with Crippen molar-refractivity contribution < 1.29 is 9.59 Å². The molecule has 0 aliphatic heterocycles. The average Bonchev–Trinajstić information content (AvgIpc) is 2.87. The number of Topliss-reactive ketones (excluding diaryl/α,β-unsaturated/α-hetero) is 1. The van der Waals surface area contributed by atoms with Crippen molar-refractivity contribution in [2.75, 3.05) is 5.32 Å². The van der Waals surface area contributed by atoms with Gasteiger partial charge in [0.05, 0.1) is 0 Å². The van der Waals surface area contributed by atoms with Crippen LogP contribution in [-0.2, 0) is 4.79 Å². The highest BCUT2D eigenvalue weighted by Gasteiger charge is 2.17. The summed E-state index contributed by atoms with van der Waals surface area (Å²) in [6.45, 7) is 1.43. The van der Waals surface area contributed by atoms with Crippen LogP contribution in [0.15, 0.2) is 35.7 Å². The number of hydrogen-bond donors (Lipinski definition) is 2. The van der Waals surface area contributed by atoms with Gasteiger partial charge < -0.3 is 11.1 Å². The third-order valence-corrected chi connectivity index (χ3v) is 3.29. The Balaban J connectivity index is 2.06. The molecule has 0 fully saturated rings. The van der Waals surface area contributed by atoms with Crippen molar-refractivity contribution in [3.8, 4) is 0 Å². The first-order chi connectivity index (χ1) is 9.08. The van der Waals surface area contributed by atoms with Crippen molar-refractivity contribution in [1.29, 1.82) is 0 Å². The van der Waals surface area contributed by atoms with Gasteiger partial charge in [0.2, 0.25) is 5.91 Å². The van der Waals surface area contributed by atoms with E-state index in [0.29, 0.717) is 10.8 Å². The van der Waals surface area contributed by atoms with E-state index in [1.165, 1.54) is 18.3 Å². The molecule has 0 aliphatic carbocycles. The van der Waals surface area contributed by atoms with Crippen molar-refractivity contribution in [1.82, 2.24) is 4.98 Å². The summed E-state index contributed by atoms with van der Waals surface area (Å²) in [7, 11) is 0. The van der Waals surface area contributed by atoms with Gasteiger partial charge in [0, 0.05) is 12.3 Å². The van der Waals surface area contributed by atoms with Gasteiger partial charge >= 0.3 is 0 Å². The van der Waals surface area contributed by atoms with Gasteiger partial charge in [0.15, 0.2) is 10.9 Å². The lowest BCUT2D eigenvalue weighted by atomic mass is 10.1. The van der Waals surface area contributed by atoms with E-state index < -0.39 is 6.04 Å². The topological polar surface area (TPSA) is 85.1 Å². The molecule has 0 unspecified atom stereocenters. The summed E-state index contributed by atoms with van der Waals surface area (Å²) in [6, 6.07) is 8.30. The number of nitrogens with one attached hydrogen (secondary N) is 1. The molecule has 5 nitrogen and oxygen atoms in total. The number of benzene rings is 1. The standard InChI is InChI=1S/C13H13N3O2S/c1-8(17)10-7-19-13(15-10)16-12(18)11(14)9-5-3-2-4-6-9/h2-7,11H,14H2,1H3,(H,15,16,18)/t11-/m0/s1. The number of rotatable bonds is 4. The maximum Gasteiger partial charge on any atom is 0.247 e. The third-order valence-electron chi connectivity index (χ3n) is 2.54. The van der Waals surface area contributed by atoms with Crippen LogP contribution in [0.2, 0.25) is 0 Å². The Labute approximate surface area is 114 Å². The fraction of sp³-hybridized carbons (Fsp3) is 0.154. The molecule has 6 heteroatoms. The zero-order valence-electron chi connectivity index (χ0n) is 10.3. The maximum absolute atomic E-state index is 11.9. The van der Waals surface area contributed by atoms with Gasteiger partial charge in [-0.05, 0) is 5.56 Å². The van der Waals surface area contributed by atoms with Crippen molar-refractivity contribution in [2.24, 2.45) is 5.73 Å². The molecule has 1 aromatic carbocycles. The molecule has 2 aromatic rings. The second-order valence-corrected chi connectivity index (χ2v) is 4.83. The predicted molar refractivity (Wildman–Crippen MR) is 74.1 cm³/mol. The summed E-state index contributed by atoms with van der Waals surface area (Å²) < 4.78 is 0. The Morgan fingerprint density at radius 1 is 1.32 bits per heavy atom. The summed E-state index contributed by atoms with van der Waals surface area (Å²) in [5, 5.41) is 4.59. The fourth-order valence-corrected chi connectivity index (χ4v) is 2.24. The molecule has 98 valence electrons. The number of nitrogens with two attached hydrogens (primary N) is 1. The summed E-state index contributed by atoms with van der Waals surface area (Å²) in [5.41, 5.74) is 6.92. The second kappa shape index (κ2) is 5.73. The molecule has 0 aliphatic rings. The summed E-state index contributed by atoms with van der Waals surface area (Å²) >= 11 is 1.20. The fourth-order valence-electron chi connectivity index (χ4n) is 1.49. The minimum Gasteiger partial charge on any atom is -0.316 e. The minimum absolute atomic E-state index is 0.135. The number of aromatic nitrogens is 1. The number of anilines is 1. The number of carbonyl (C=O) groups is 2. The molecule has 0 spiro atoms. The second-order valence-electron chi connectivity index (χ2n) is 3.97. The average molecular weight is 275 g/mol. The first-order valence-electron chi connectivity index (χ1n) is 5.66. The van der Waals surface area contributed by atoms with Gasteiger partial charge in [-0.2, -0.15) is 0 Å². The summed E-state index contributed by atoms with van der Waals surface area (Å²) in [5.74, 6) is -0.486. The van der Waals surface area contributed by atoms with E-state index in [1.54, 1.807) is 17.5 Å². The van der Waals surface area contributed by atoms with Crippen LogP contribution in [0.25, 0.3) is 0 Å². The monoisotopic (exact) mass is 275 g/mol. The van der Waals surface area contributed by atoms with Crippen molar-refractivity contribution in [3.05, 3.63) is 47.0 Å². The largest absolute Gasteiger partial charge is 0.316 e. The molecule has 1 heterocycles. The van der Waals surface area contributed by atoms with Crippen LogP contribution >= 0.6 is 11.3 Å². The van der Waals surface area contributed by atoms with Crippen LogP contribution in [0.1, 0.15) is 29.0 Å². The molecule has 2 rings (SSSR count). The number of ketones is 1. The van der Waals surface area contributed by atoms with Gasteiger partial charge in [-0.1, -0.05) is 30.3 Å². The van der Waals surface area contributed by atoms with Crippen LogP contribution in [0, 0.1) is 0 Å². The molecule has 1 amide bonds. The van der Waals surface area contributed by atoms with Crippen LogP contribution in [0.4, 0.5) is 5.13 Å². The van der Waals surface area contributed by atoms with E-state index in [0.717, 1.165) is 5.56 Å². The summed E-state index contributed by atoms with van der Waals surface area (Å²) in [4.78, 5) is 27.1. The van der Waals surface area contributed by atoms with Crippen LogP contribution < -0.4 is 11.1 Å². The van der Waals surface area contributed by atoms with Gasteiger partial charge in [0.25, 0.3) is 0 Å². The Hall–Kier alpha value is -2.05. The lowest BCUT2D eigenvalue weighted by molar-refractivity contribution is -0.117. The SMILES string of the molecule is CC(=O)c1csc(NC(=O)[C@@H](N)c2ccccc2)n1. The summed E-state index contributed by atoms with van der Waals surface area (Å²) in [6.07, 6.45) is 0. The molecule has 0 radical (unpaired) electrons. The predicted octanol–water partition coefficient (Wildman–Crippen LogP) is 1.98. The molecule has 3 N–H and O–H groups in total. The highest BCUT2D eigenvalue weighted by molar-refractivity contribution is 7.14. The zero-order chi connectivity index (χ0) is 13.8. The molecule has 0 saturated carbocycles. The van der Waals surface area contributed by atoms with E-state index in [1.807, 2.05) is 18.2 Å². The van der Waals surface area contributed by atoms with Crippen LogP contribution in [0.5, 0.6) is 0 Å². The van der Waals surface area contributed by atoms with Crippen LogP contribution in [-0.4, -0.2) is 16.7 Å². The van der Waals surface area contributed by atoms with E-state index in [2.05, 4.69) is 10.3 Å².